The fourth-order valence-electron chi connectivity index (χ4n) is 2.96. The predicted octanol–water partition coefficient (Wildman–Crippen LogP) is 4.63. The van der Waals surface area contributed by atoms with Gasteiger partial charge in [0, 0.05) is 29.9 Å². The van der Waals surface area contributed by atoms with Crippen LogP contribution in [0, 0.1) is 6.92 Å². The molecule has 3 rings (SSSR count). The Kier molecular flexibility index (Phi) is 7.25. The largest absolute Gasteiger partial charge is 0.493 e. The van der Waals surface area contributed by atoms with Crippen LogP contribution in [0.4, 0.5) is 0 Å². The summed E-state index contributed by atoms with van der Waals surface area (Å²) in [6.45, 7) is 5.59. The average molecular weight is 411 g/mol. The fraction of sp³-hybridized carbons (Fsp3) is 0.304. The molecule has 2 heterocycles. The molecule has 0 aliphatic heterocycles. The minimum atomic E-state index is 0.0788. The summed E-state index contributed by atoms with van der Waals surface area (Å²) >= 11 is 1.66. The van der Waals surface area contributed by atoms with E-state index in [9.17, 15) is 4.79 Å². The van der Waals surface area contributed by atoms with E-state index in [1.54, 1.807) is 24.6 Å². The molecule has 0 atom stereocenters. The summed E-state index contributed by atoms with van der Waals surface area (Å²) in [5.41, 5.74) is 2.87. The van der Waals surface area contributed by atoms with Crippen molar-refractivity contribution in [2.24, 2.45) is 0 Å². The second kappa shape index (κ2) is 10.1. The van der Waals surface area contributed by atoms with Crippen LogP contribution in [0.1, 0.15) is 28.6 Å². The van der Waals surface area contributed by atoms with Crippen LogP contribution in [-0.2, 0) is 24.4 Å². The lowest BCUT2D eigenvalue weighted by atomic mass is 10.1. The lowest BCUT2D eigenvalue weighted by Crippen LogP contribution is -2.31. The highest BCUT2D eigenvalue weighted by atomic mass is 32.1. The first-order chi connectivity index (χ1) is 14.1. The quantitative estimate of drug-likeness (QED) is 0.516. The molecule has 6 heteroatoms. The number of carbonyl (C=O) groups excluding carboxylic acids is 1. The molecule has 0 N–H and O–H groups in total. The van der Waals surface area contributed by atoms with Crippen molar-refractivity contribution in [2.75, 3.05) is 13.7 Å². The Morgan fingerprint density at radius 1 is 1.14 bits per heavy atom. The summed E-state index contributed by atoms with van der Waals surface area (Å²) in [5.74, 6) is 1.45. The third-order valence-corrected chi connectivity index (χ3v) is 5.46. The summed E-state index contributed by atoms with van der Waals surface area (Å²) < 4.78 is 11.4. The number of carbonyl (C=O) groups is 1. The van der Waals surface area contributed by atoms with E-state index in [2.05, 4.69) is 4.98 Å². The van der Waals surface area contributed by atoms with Crippen molar-refractivity contribution in [1.29, 1.82) is 0 Å². The topological polar surface area (TPSA) is 51.7 Å². The maximum atomic E-state index is 12.7. The van der Waals surface area contributed by atoms with E-state index >= 15 is 0 Å². The molecule has 152 valence electrons. The number of nitrogens with zero attached hydrogens (tertiary/aromatic N) is 2. The van der Waals surface area contributed by atoms with Gasteiger partial charge >= 0.3 is 0 Å². The van der Waals surface area contributed by atoms with Gasteiger partial charge in [0.05, 0.1) is 13.5 Å². The van der Waals surface area contributed by atoms with Crippen molar-refractivity contribution in [3.8, 4) is 11.5 Å². The lowest BCUT2D eigenvalue weighted by molar-refractivity contribution is -0.130. The standard InChI is InChI=1S/C23H26N2O3S/c1-4-25(23(26)13-18-8-7-17(2)24-14-18)15-19-9-10-21(22(12-19)27-3)28-16-20-6-5-11-29-20/h5-12,14H,4,13,15-16H2,1-3H3. The number of likely N-dealkylation sites (N-methyl/N-ethyl adjacent to an activating group) is 1. The lowest BCUT2D eigenvalue weighted by Gasteiger charge is -2.22. The molecule has 2 aromatic heterocycles. The van der Waals surface area contributed by atoms with Crippen molar-refractivity contribution in [1.82, 2.24) is 9.88 Å². The molecule has 0 aliphatic rings. The molecular formula is C23H26N2O3S. The Balaban J connectivity index is 1.65. The zero-order valence-corrected chi connectivity index (χ0v) is 17.9. The third kappa shape index (κ3) is 5.81. The van der Waals surface area contributed by atoms with E-state index in [1.165, 1.54) is 0 Å². The molecular weight excluding hydrogens is 384 g/mol. The Labute approximate surface area is 175 Å². The fourth-order valence-corrected chi connectivity index (χ4v) is 3.58. The molecule has 0 fully saturated rings. The molecule has 1 amide bonds. The van der Waals surface area contributed by atoms with Gasteiger partial charge in [0.15, 0.2) is 11.5 Å². The molecule has 0 saturated heterocycles. The average Bonchev–Trinajstić information content (AvgIpc) is 3.26. The third-order valence-electron chi connectivity index (χ3n) is 4.61. The molecule has 1 aromatic carbocycles. The Morgan fingerprint density at radius 3 is 2.62 bits per heavy atom. The summed E-state index contributed by atoms with van der Waals surface area (Å²) in [4.78, 5) is 20.0. The highest BCUT2D eigenvalue weighted by Crippen LogP contribution is 2.29. The maximum Gasteiger partial charge on any atom is 0.227 e. The SMILES string of the molecule is CCN(Cc1ccc(OCc2cccs2)c(OC)c1)C(=O)Cc1ccc(C)nc1. The van der Waals surface area contributed by atoms with Gasteiger partial charge in [-0.25, -0.2) is 0 Å². The van der Waals surface area contributed by atoms with Crippen molar-refractivity contribution < 1.29 is 14.3 Å². The number of methoxy groups -OCH3 is 1. The van der Waals surface area contributed by atoms with Crippen molar-refractivity contribution in [3.05, 3.63) is 75.7 Å². The molecule has 29 heavy (non-hydrogen) atoms. The van der Waals surface area contributed by atoms with Gasteiger partial charge < -0.3 is 14.4 Å². The Hall–Kier alpha value is -2.86. The van der Waals surface area contributed by atoms with E-state index in [4.69, 9.17) is 9.47 Å². The number of thiophene rings is 1. The number of hydrogen-bond acceptors (Lipinski definition) is 5. The van der Waals surface area contributed by atoms with E-state index in [0.29, 0.717) is 37.6 Å². The maximum absolute atomic E-state index is 12.7. The first-order valence-electron chi connectivity index (χ1n) is 9.60. The monoisotopic (exact) mass is 410 g/mol. The van der Waals surface area contributed by atoms with E-state index < -0.39 is 0 Å². The van der Waals surface area contributed by atoms with E-state index in [0.717, 1.165) is 21.7 Å². The minimum Gasteiger partial charge on any atom is -0.493 e. The van der Waals surface area contributed by atoms with Gasteiger partial charge in [0.2, 0.25) is 5.91 Å². The molecule has 3 aromatic rings. The predicted molar refractivity (Wildman–Crippen MR) is 115 cm³/mol. The zero-order chi connectivity index (χ0) is 20.6. The number of benzene rings is 1. The summed E-state index contributed by atoms with van der Waals surface area (Å²) in [6.07, 6.45) is 2.12. The van der Waals surface area contributed by atoms with Gasteiger partial charge in [-0.05, 0) is 54.6 Å². The molecule has 0 bridgehead atoms. The summed E-state index contributed by atoms with van der Waals surface area (Å²) in [6, 6.07) is 13.8. The Bertz CT molecular complexity index is 924. The molecule has 0 spiro atoms. The highest BCUT2D eigenvalue weighted by Gasteiger charge is 2.15. The number of pyridine rings is 1. The number of aryl methyl sites for hydroxylation is 1. The van der Waals surface area contributed by atoms with E-state index in [-0.39, 0.29) is 5.91 Å². The van der Waals surface area contributed by atoms with Gasteiger partial charge in [-0.15, -0.1) is 11.3 Å². The number of ether oxygens (including phenoxy) is 2. The molecule has 0 saturated carbocycles. The van der Waals surface area contributed by atoms with Gasteiger partial charge in [-0.1, -0.05) is 18.2 Å². The number of hydrogen-bond donors (Lipinski definition) is 0. The van der Waals surface area contributed by atoms with Crippen LogP contribution in [-0.4, -0.2) is 29.4 Å². The summed E-state index contributed by atoms with van der Waals surface area (Å²) in [5, 5.41) is 2.03. The second-order valence-electron chi connectivity index (χ2n) is 6.75. The number of rotatable bonds is 9. The summed E-state index contributed by atoms with van der Waals surface area (Å²) in [7, 11) is 1.63. The highest BCUT2D eigenvalue weighted by molar-refractivity contribution is 7.09. The van der Waals surface area contributed by atoms with Crippen LogP contribution >= 0.6 is 11.3 Å². The van der Waals surface area contributed by atoms with Crippen LogP contribution in [0.3, 0.4) is 0 Å². The van der Waals surface area contributed by atoms with Crippen LogP contribution in [0.15, 0.2) is 54.0 Å². The smallest absolute Gasteiger partial charge is 0.227 e. The van der Waals surface area contributed by atoms with Crippen LogP contribution in [0.5, 0.6) is 11.5 Å². The van der Waals surface area contributed by atoms with Crippen LogP contribution < -0.4 is 9.47 Å². The molecule has 0 aliphatic carbocycles. The van der Waals surface area contributed by atoms with Crippen LogP contribution in [0.25, 0.3) is 0 Å². The first-order valence-corrected chi connectivity index (χ1v) is 10.5. The van der Waals surface area contributed by atoms with Crippen LogP contribution in [0.2, 0.25) is 0 Å². The molecule has 0 unspecified atom stereocenters. The first kappa shape index (κ1) is 20.9. The van der Waals surface area contributed by atoms with Gasteiger partial charge in [-0.2, -0.15) is 0 Å². The minimum absolute atomic E-state index is 0.0788. The second-order valence-corrected chi connectivity index (χ2v) is 7.78. The number of aromatic nitrogens is 1. The Morgan fingerprint density at radius 2 is 1.97 bits per heavy atom. The van der Waals surface area contributed by atoms with Crippen molar-refractivity contribution in [3.63, 3.8) is 0 Å². The zero-order valence-electron chi connectivity index (χ0n) is 17.1. The molecule has 0 radical (unpaired) electrons. The van der Waals surface area contributed by atoms with Gasteiger partial charge in [0.25, 0.3) is 0 Å². The van der Waals surface area contributed by atoms with Gasteiger partial charge in [0.1, 0.15) is 6.61 Å². The molecule has 5 nitrogen and oxygen atoms in total. The van der Waals surface area contributed by atoms with Gasteiger partial charge in [-0.3, -0.25) is 9.78 Å². The van der Waals surface area contributed by atoms with Crippen molar-refractivity contribution >= 4 is 17.2 Å². The van der Waals surface area contributed by atoms with E-state index in [1.807, 2.05) is 66.6 Å². The number of amides is 1. The van der Waals surface area contributed by atoms with Crippen molar-refractivity contribution in [2.45, 2.75) is 33.4 Å². The normalized spacial score (nSPS) is 10.6.